The number of aromatic nitrogens is 3. The first-order valence-corrected chi connectivity index (χ1v) is 8.77. The maximum atomic E-state index is 13.0. The molecule has 2 aromatic carbocycles. The van der Waals surface area contributed by atoms with E-state index in [0.29, 0.717) is 16.7 Å². The zero-order valence-corrected chi connectivity index (χ0v) is 15.1. The molecular formula is C18H17FN4O2S. The smallest absolute Gasteiger partial charge is 0.234 e. The second-order valence-corrected chi connectivity index (χ2v) is 6.38. The first-order valence-electron chi connectivity index (χ1n) is 7.79. The van der Waals surface area contributed by atoms with Gasteiger partial charge in [-0.3, -0.25) is 4.79 Å². The van der Waals surface area contributed by atoms with Crippen LogP contribution in [0, 0.1) is 5.82 Å². The summed E-state index contributed by atoms with van der Waals surface area (Å²) >= 11 is 1.28. The summed E-state index contributed by atoms with van der Waals surface area (Å²) in [6.07, 6.45) is 0. The summed E-state index contributed by atoms with van der Waals surface area (Å²) < 4.78 is 19.9. The molecule has 26 heavy (non-hydrogen) atoms. The average molecular weight is 372 g/mol. The fourth-order valence-corrected chi connectivity index (χ4v) is 3.00. The Bertz CT molecular complexity index is 895. The molecule has 1 heterocycles. The number of carbonyl (C=O) groups excluding carboxylic acids is 1. The van der Waals surface area contributed by atoms with Crippen LogP contribution in [0.5, 0.6) is 5.75 Å². The number of thioether (sulfide) groups is 1. The van der Waals surface area contributed by atoms with E-state index in [1.807, 2.05) is 7.05 Å². The van der Waals surface area contributed by atoms with Gasteiger partial charge in [0.15, 0.2) is 11.0 Å². The van der Waals surface area contributed by atoms with Gasteiger partial charge >= 0.3 is 0 Å². The van der Waals surface area contributed by atoms with Crippen molar-refractivity contribution in [3.8, 4) is 17.1 Å². The summed E-state index contributed by atoms with van der Waals surface area (Å²) in [4.78, 5) is 12.1. The number of benzene rings is 2. The Morgan fingerprint density at radius 3 is 2.50 bits per heavy atom. The minimum Gasteiger partial charge on any atom is -0.497 e. The number of ether oxygens (including phenoxy) is 1. The summed E-state index contributed by atoms with van der Waals surface area (Å²) in [6, 6.07) is 13.1. The van der Waals surface area contributed by atoms with Gasteiger partial charge < -0.3 is 14.6 Å². The first kappa shape index (κ1) is 17.9. The Balaban J connectivity index is 1.60. The highest BCUT2D eigenvalue weighted by atomic mass is 32.2. The summed E-state index contributed by atoms with van der Waals surface area (Å²) in [7, 11) is 3.40. The molecule has 0 aliphatic rings. The molecule has 0 fully saturated rings. The first-order chi connectivity index (χ1) is 12.6. The summed E-state index contributed by atoms with van der Waals surface area (Å²) in [5.74, 6) is 1.08. The van der Waals surface area contributed by atoms with Crippen molar-refractivity contribution in [1.82, 2.24) is 14.8 Å². The van der Waals surface area contributed by atoms with Gasteiger partial charge in [-0.15, -0.1) is 10.2 Å². The molecule has 0 saturated heterocycles. The lowest BCUT2D eigenvalue weighted by Crippen LogP contribution is -2.14. The van der Waals surface area contributed by atoms with Gasteiger partial charge in [-0.25, -0.2) is 4.39 Å². The van der Waals surface area contributed by atoms with Crippen LogP contribution >= 0.6 is 11.8 Å². The molecule has 0 unspecified atom stereocenters. The summed E-state index contributed by atoms with van der Waals surface area (Å²) in [5, 5.41) is 11.6. The molecule has 8 heteroatoms. The van der Waals surface area contributed by atoms with Gasteiger partial charge in [-0.05, 0) is 48.5 Å². The van der Waals surface area contributed by atoms with Crippen LogP contribution in [0.2, 0.25) is 0 Å². The third-order valence-corrected chi connectivity index (χ3v) is 4.66. The molecule has 0 saturated carbocycles. The Morgan fingerprint density at radius 2 is 1.85 bits per heavy atom. The van der Waals surface area contributed by atoms with Crippen LogP contribution in [0.4, 0.5) is 10.1 Å². The molecule has 0 atom stereocenters. The third-order valence-electron chi connectivity index (χ3n) is 3.64. The molecule has 1 amide bonds. The number of methoxy groups -OCH3 is 1. The highest BCUT2D eigenvalue weighted by molar-refractivity contribution is 7.99. The van der Waals surface area contributed by atoms with E-state index < -0.39 is 0 Å². The monoisotopic (exact) mass is 372 g/mol. The molecule has 134 valence electrons. The highest BCUT2D eigenvalue weighted by Crippen LogP contribution is 2.23. The van der Waals surface area contributed by atoms with E-state index in [4.69, 9.17) is 4.74 Å². The number of halogens is 1. The molecule has 0 aliphatic heterocycles. The van der Waals surface area contributed by atoms with E-state index in [1.54, 1.807) is 48.1 Å². The van der Waals surface area contributed by atoms with E-state index in [-0.39, 0.29) is 17.5 Å². The van der Waals surface area contributed by atoms with Crippen molar-refractivity contribution in [1.29, 1.82) is 0 Å². The van der Waals surface area contributed by atoms with Crippen molar-refractivity contribution in [2.24, 2.45) is 7.05 Å². The molecule has 0 radical (unpaired) electrons. The Kier molecular flexibility index (Phi) is 5.52. The predicted octanol–water partition coefficient (Wildman–Crippen LogP) is 3.36. The quantitative estimate of drug-likeness (QED) is 0.672. The van der Waals surface area contributed by atoms with Crippen molar-refractivity contribution in [3.63, 3.8) is 0 Å². The average Bonchev–Trinajstić information content (AvgIpc) is 3.02. The molecule has 0 spiro atoms. The van der Waals surface area contributed by atoms with Crippen molar-refractivity contribution < 1.29 is 13.9 Å². The molecule has 3 aromatic rings. The maximum Gasteiger partial charge on any atom is 0.234 e. The minimum atomic E-state index is -0.305. The number of nitrogens with zero attached hydrogens (tertiary/aromatic N) is 3. The fourth-order valence-electron chi connectivity index (χ4n) is 2.29. The maximum absolute atomic E-state index is 13.0. The van der Waals surface area contributed by atoms with Crippen LogP contribution in [0.1, 0.15) is 0 Å². The molecule has 0 bridgehead atoms. The van der Waals surface area contributed by atoms with Crippen molar-refractivity contribution in [2.75, 3.05) is 18.2 Å². The largest absolute Gasteiger partial charge is 0.497 e. The van der Waals surface area contributed by atoms with Gasteiger partial charge in [0.1, 0.15) is 11.6 Å². The van der Waals surface area contributed by atoms with Crippen molar-refractivity contribution in [3.05, 3.63) is 54.3 Å². The van der Waals surface area contributed by atoms with E-state index in [9.17, 15) is 9.18 Å². The standard InChI is InChI=1S/C18H17FN4O2S/c1-23-17(12-3-5-13(19)6-4-12)21-22-18(23)26-11-16(24)20-14-7-9-15(25-2)10-8-14/h3-10H,11H2,1-2H3,(H,20,24). The lowest BCUT2D eigenvalue weighted by Gasteiger charge is -2.06. The zero-order valence-electron chi connectivity index (χ0n) is 14.3. The van der Waals surface area contributed by atoms with Crippen LogP contribution in [0.3, 0.4) is 0 Å². The zero-order chi connectivity index (χ0) is 18.5. The number of amides is 1. The SMILES string of the molecule is COc1ccc(NC(=O)CSc2nnc(-c3ccc(F)cc3)n2C)cc1. The van der Waals surface area contributed by atoms with Gasteiger partial charge in [-0.2, -0.15) is 0 Å². The number of hydrogen-bond acceptors (Lipinski definition) is 5. The number of anilines is 1. The van der Waals surface area contributed by atoms with E-state index >= 15 is 0 Å². The topological polar surface area (TPSA) is 69.0 Å². The number of nitrogens with one attached hydrogen (secondary N) is 1. The normalized spacial score (nSPS) is 10.6. The van der Waals surface area contributed by atoms with Gasteiger partial charge in [-0.1, -0.05) is 11.8 Å². The van der Waals surface area contributed by atoms with Crippen LogP contribution in [0.25, 0.3) is 11.4 Å². The Hall–Kier alpha value is -2.87. The van der Waals surface area contributed by atoms with Gasteiger partial charge in [0, 0.05) is 18.3 Å². The van der Waals surface area contributed by atoms with Crippen LogP contribution in [-0.4, -0.2) is 33.5 Å². The van der Waals surface area contributed by atoms with E-state index in [0.717, 1.165) is 11.3 Å². The van der Waals surface area contributed by atoms with Crippen molar-refractivity contribution >= 4 is 23.4 Å². The second kappa shape index (κ2) is 8.01. The molecule has 3 rings (SSSR count). The predicted molar refractivity (Wildman–Crippen MR) is 98.7 cm³/mol. The molecule has 1 aromatic heterocycles. The van der Waals surface area contributed by atoms with Gasteiger partial charge in [0.05, 0.1) is 12.9 Å². The summed E-state index contributed by atoms with van der Waals surface area (Å²) in [5.41, 5.74) is 1.46. The third kappa shape index (κ3) is 4.20. The summed E-state index contributed by atoms with van der Waals surface area (Å²) in [6.45, 7) is 0. The van der Waals surface area contributed by atoms with Gasteiger partial charge in [0.2, 0.25) is 5.91 Å². The van der Waals surface area contributed by atoms with E-state index in [2.05, 4.69) is 15.5 Å². The molecule has 6 nitrogen and oxygen atoms in total. The lowest BCUT2D eigenvalue weighted by atomic mass is 10.2. The molecular weight excluding hydrogens is 355 g/mol. The number of rotatable bonds is 6. The molecule has 0 aliphatic carbocycles. The molecule has 1 N–H and O–H groups in total. The van der Waals surface area contributed by atoms with Crippen LogP contribution < -0.4 is 10.1 Å². The van der Waals surface area contributed by atoms with Crippen molar-refractivity contribution in [2.45, 2.75) is 5.16 Å². The van der Waals surface area contributed by atoms with Crippen LogP contribution in [0.15, 0.2) is 53.7 Å². The fraction of sp³-hybridized carbons (Fsp3) is 0.167. The lowest BCUT2D eigenvalue weighted by molar-refractivity contribution is -0.113. The van der Waals surface area contributed by atoms with E-state index in [1.165, 1.54) is 23.9 Å². The number of carbonyl (C=O) groups is 1. The highest BCUT2D eigenvalue weighted by Gasteiger charge is 2.13. The van der Waals surface area contributed by atoms with Crippen LogP contribution in [-0.2, 0) is 11.8 Å². The second-order valence-electron chi connectivity index (χ2n) is 5.44. The minimum absolute atomic E-state index is 0.147. The Labute approximate surface area is 154 Å². The van der Waals surface area contributed by atoms with Gasteiger partial charge in [0.25, 0.3) is 0 Å². The Morgan fingerprint density at radius 1 is 1.15 bits per heavy atom. The number of hydrogen-bond donors (Lipinski definition) is 1.